The van der Waals surface area contributed by atoms with E-state index in [0.29, 0.717) is 24.2 Å². The minimum atomic E-state index is -4.43. The highest BCUT2D eigenvalue weighted by Crippen LogP contribution is 2.43. The van der Waals surface area contributed by atoms with Gasteiger partial charge in [0.25, 0.3) is 0 Å². The number of fused-ring (bicyclic) bond motifs is 1. The maximum Gasteiger partial charge on any atom is 0.416 e. The number of halogens is 3. The standard InChI is InChI=1S/C21H25F3N4O/c22-21(23,24)16-8-6-7-15(13-16)20(10-3-4-11-20)19(29)25-14-18-27-26-17-9-2-1-5-12-28(17)18/h6-8,13H,1-5,9-12,14H2,(H,25,29). The van der Waals surface area contributed by atoms with Crippen LogP contribution in [-0.4, -0.2) is 20.7 Å². The van der Waals surface area contributed by atoms with Crippen molar-refractivity contribution in [2.45, 2.75) is 76.0 Å². The zero-order valence-corrected chi connectivity index (χ0v) is 16.3. The lowest BCUT2D eigenvalue weighted by Crippen LogP contribution is -2.42. The molecule has 0 radical (unpaired) electrons. The molecule has 29 heavy (non-hydrogen) atoms. The number of amides is 1. The van der Waals surface area contributed by atoms with Gasteiger partial charge in [-0.05, 0) is 37.3 Å². The fraction of sp³-hybridized carbons (Fsp3) is 0.571. The molecule has 1 fully saturated rings. The number of nitrogens with one attached hydrogen (secondary N) is 1. The van der Waals surface area contributed by atoms with Gasteiger partial charge >= 0.3 is 6.18 Å². The Morgan fingerprint density at radius 1 is 1.10 bits per heavy atom. The SMILES string of the molecule is O=C(NCc1nnc2n1CCCCC2)C1(c2cccc(C(F)(F)F)c2)CCCC1. The van der Waals surface area contributed by atoms with Crippen LogP contribution in [0.15, 0.2) is 24.3 Å². The van der Waals surface area contributed by atoms with Gasteiger partial charge < -0.3 is 9.88 Å². The summed E-state index contributed by atoms with van der Waals surface area (Å²) in [4.78, 5) is 13.2. The van der Waals surface area contributed by atoms with Crippen molar-refractivity contribution in [3.63, 3.8) is 0 Å². The molecule has 0 bridgehead atoms. The van der Waals surface area contributed by atoms with Crippen LogP contribution < -0.4 is 5.32 Å². The Kier molecular flexibility index (Phi) is 5.36. The van der Waals surface area contributed by atoms with Crippen LogP contribution in [0.3, 0.4) is 0 Å². The van der Waals surface area contributed by atoms with Crippen LogP contribution in [-0.2, 0) is 35.9 Å². The van der Waals surface area contributed by atoms with Crippen LogP contribution in [0, 0.1) is 0 Å². The molecule has 8 heteroatoms. The summed E-state index contributed by atoms with van der Waals surface area (Å²) in [6.45, 7) is 1.08. The number of benzene rings is 1. The van der Waals surface area contributed by atoms with Gasteiger partial charge in [0, 0.05) is 13.0 Å². The molecule has 0 spiro atoms. The molecule has 1 aromatic carbocycles. The molecule has 1 saturated carbocycles. The molecule has 0 atom stereocenters. The first kappa shape index (κ1) is 19.9. The zero-order chi connectivity index (χ0) is 20.5. The van der Waals surface area contributed by atoms with E-state index < -0.39 is 17.2 Å². The number of carbonyl (C=O) groups excluding carboxylic acids is 1. The molecule has 1 aliphatic heterocycles. The Labute approximate surface area is 167 Å². The number of alkyl halides is 3. The third kappa shape index (κ3) is 3.89. The highest BCUT2D eigenvalue weighted by Gasteiger charge is 2.44. The summed E-state index contributed by atoms with van der Waals surface area (Å²) in [5.41, 5.74) is -1.18. The molecule has 2 heterocycles. The first-order valence-electron chi connectivity index (χ1n) is 10.3. The highest BCUT2D eigenvalue weighted by molar-refractivity contribution is 5.88. The average Bonchev–Trinajstić information content (AvgIpc) is 3.28. The maximum atomic E-state index is 13.2. The van der Waals surface area contributed by atoms with E-state index in [0.717, 1.165) is 63.0 Å². The Hall–Kier alpha value is -2.38. The van der Waals surface area contributed by atoms with E-state index in [1.54, 1.807) is 6.07 Å². The van der Waals surface area contributed by atoms with Gasteiger partial charge in [-0.3, -0.25) is 4.79 Å². The van der Waals surface area contributed by atoms with Crippen molar-refractivity contribution < 1.29 is 18.0 Å². The minimum Gasteiger partial charge on any atom is -0.348 e. The normalized spacial score (nSPS) is 18.9. The molecule has 1 aliphatic carbocycles. The summed E-state index contributed by atoms with van der Waals surface area (Å²) >= 11 is 0. The van der Waals surface area contributed by atoms with Crippen LogP contribution in [0.4, 0.5) is 13.2 Å². The van der Waals surface area contributed by atoms with Crippen molar-refractivity contribution in [2.24, 2.45) is 0 Å². The largest absolute Gasteiger partial charge is 0.416 e. The van der Waals surface area contributed by atoms with Crippen molar-refractivity contribution in [3.8, 4) is 0 Å². The van der Waals surface area contributed by atoms with Gasteiger partial charge in [0.1, 0.15) is 5.82 Å². The van der Waals surface area contributed by atoms with E-state index in [9.17, 15) is 18.0 Å². The van der Waals surface area contributed by atoms with Crippen molar-refractivity contribution in [3.05, 3.63) is 47.0 Å². The van der Waals surface area contributed by atoms with E-state index in [1.807, 2.05) is 0 Å². The van der Waals surface area contributed by atoms with Gasteiger partial charge in [-0.1, -0.05) is 37.5 Å². The van der Waals surface area contributed by atoms with Crippen LogP contribution in [0.2, 0.25) is 0 Å². The number of rotatable bonds is 4. The summed E-state index contributed by atoms with van der Waals surface area (Å²) in [6, 6.07) is 5.22. The first-order chi connectivity index (χ1) is 13.9. The van der Waals surface area contributed by atoms with Gasteiger partial charge in [-0.2, -0.15) is 13.2 Å². The fourth-order valence-electron chi connectivity index (χ4n) is 4.62. The fourth-order valence-corrected chi connectivity index (χ4v) is 4.62. The van der Waals surface area contributed by atoms with Gasteiger partial charge in [0.2, 0.25) is 5.91 Å². The summed E-state index contributed by atoms with van der Waals surface area (Å²) in [6.07, 6.45) is 2.50. The molecular formula is C21H25F3N4O. The number of hydrogen-bond donors (Lipinski definition) is 1. The van der Waals surface area contributed by atoms with E-state index in [1.165, 1.54) is 6.07 Å². The minimum absolute atomic E-state index is 0.222. The molecule has 4 rings (SSSR count). The molecule has 0 saturated heterocycles. The Balaban J connectivity index is 1.55. The smallest absolute Gasteiger partial charge is 0.348 e. The number of carbonyl (C=O) groups is 1. The van der Waals surface area contributed by atoms with Crippen LogP contribution in [0.25, 0.3) is 0 Å². The number of nitrogens with zero attached hydrogens (tertiary/aromatic N) is 3. The predicted molar refractivity (Wildman–Crippen MR) is 101 cm³/mol. The number of aryl methyl sites for hydroxylation is 1. The van der Waals surface area contributed by atoms with E-state index >= 15 is 0 Å². The lowest BCUT2D eigenvalue weighted by atomic mass is 9.77. The molecule has 2 aliphatic rings. The van der Waals surface area contributed by atoms with Crippen molar-refractivity contribution in [2.75, 3.05) is 0 Å². The second kappa shape index (κ2) is 7.80. The van der Waals surface area contributed by atoms with Crippen molar-refractivity contribution >= 4 is 5.91 Å². The third-order valence-electron chi connectivity index (χ3n) is 6.23. The molecule has 5 nitrogen and oxygen atoms in total. The first-order valence-corrected chi connectivity index (χ1v) is 10.3. The average molecular weight is 406 g/mol. The van der Waals surface area contributed by atoms with E-state index in [4.69, 9.17) is 0 Å². The van der Waals surface area contributed by atoms with E-state index in [-0.39, 0.29) is 12.5 Å². The molecule has 1 aromatic heterocycles. The van der Waals surface area contributed by atoms with Gasteiger partial charge in [0.05, 0.1) is 17.5 Å². The van der Waals surface area contributed by atoms with Gasteiger partial charge in [0.15, 0.2) is 5.82 Å². The van der Waals surface area contributed by atoms with Crippen molar-refractivity contribution in [1.29, 1.82) is 0 Å². The van der Waals surface area contributed by atoms with Crippen LogP contribution in [0.5, 0.6) is 0 Å². The molecule has 1 amide bonds. The summed E-state index contributed by atoms with van der Waals surface area (Å²) < 4.78 is 41.6. The molecular weight excluding hydrogens is 381 g/mol. The van der Waals surface area contributed by atoms with Crippen molar-refractivity contribution in [1.82, 2.24) is 20.1 Å². The molecule has 156 valence electrons. The summed E-state index contributed by atoms with van der Waals surface area (Å²) in [5, 5.41) is 11.4. The third-order valence-corrected chi connectivity index (χ3v) is 6.23. The Morgan fingerprint density at radius 3 is 2.66 bits per heavy atom. The lowest BCUT2D eigenvalue weighted by molar-refractivity contribution is -0.138. The molecule has 2 aromatic rings. The summed E-state index contributed by atoms with van der Waals surface area (Å²) in [7, 11) is 0. The molecule has 1 N–H and O–H groups in total. The quantitative estimate of drug-likeness (QED) is 0.830. The van der Waals surface area contributed by atoms with Gasteiger partial charge in [-0.25, -0.2) is 0 Å². The van der Waals surface area contributed by atoms with E-state index in [2.05, 4.69) is 20.1 Å². The second-order valence-electron chi connectivity index (χ2n) is 8.05. The molecule has 0 unspecified atom stereocenters. The number of aromatic nitrogens is 3. The van der Waals surface area contributed by atoms with Crippen LogP contribution in [0.1, 0.15) is 67.7 Å². The Bertz CT molecular complexity index is 884. The maximum absolute atomic E-state index is 13.2. The topological polar surface area (TPSA) is 59.8 Å². The predicted octanol–water partition coefficient (Wildman–Crippen LogP) is 4.15. The van der Waals surface area contributed by atoms with Crippen LogP contribution >= 0.6 is 0 Å². The number of hydrogen-bond acceptors (Lipinski definition) is 3. The monoisotopic (exact) mass is 406 g/mol. The Morgan fingerprint density at radius 2 is 1.90 bits per heavy atom. The summed E-state index contributed by atoms with van der Waals surface area (Å²) in [5.74, 6) is 1.44. The second-order valence-corrected chi connectivity index (χ2v) is 8.05. The highest BCUT2D eigenvalue weighted by atomic mass is 19.4. The lowest BCUT2D eigenvalue weighted by Gasteiger charge is -2.29. The van der Waals surface area contributed by atoms with Gasteiger partial charge in [-0.15, -0.1) is 10.2 Å². The zero-order valence-electron chi connectivity index (χ0n) is 16.3.